The third-order valence-electron chi connectivity index (χ3n) is 3.84. The second kappa shape index (κ2) is 5.67. The van der Waals surface area contributed by atoms with E-state index in [1.165, 1.54) is 11.1 Å². The van der Waals surface area contributed by atoms with Gasteiger partial charge in [0.25, 0.3) is 0 Å². The zero-order valence-corrected chi connectivity index (χ0v) is 12.2. The standard InChI is InChI=1S/C16H22N4/c1-12(2)14-15(13-6-4-3-5-7-13)18-19-16(14)20-10-8-17-9-11-20/h3-7,12,17H,8-11H2,1-2H3,(H,18,19). The lowest BCUT2D eigenvalue weighted by Crippen LogP contribution is -2.44. The Hall–Kier alpha value is -1.81. The molecule has 1 fully saturated rings. The fraction of sp³-hybridized carbons (Fsp3) is 0.438. The van der Waals surface area contributed by atoms with Crippen LogP contribution in [-0.2, 0) is 0 Å². The number of nitrogens with one attached hydrogen (secondary N) is 2. The lowest BCUT2D eigenvalue weighted by atomic mass is 9.98. The maximum Gasteiger partial charge on any atom is 0.154 e. The number of piperazine rings is 1. The molecule has 0 bridgehead atoms. The van der Waals surface area contributed by atoms with Crippen LogP contribution in [0.15, 0.2) is 30.3 Å². The van der Waals surface area contributed by atoms with Crippen LogP contribution in [0, 0.1) is 0 Å². The lowest BCUT2D eigenvalue weighted by molar-refractivity contribution is 0.582. The molecule has 1 saturated heterocycles. The van der Waals surface area contributed by atoms with Crippen molar-refractivity contribution in [2.24, 2.45) is 0 Å². The van der Waals surface area contributed by atoms with Crippen molar-refractivity contribution in [2.45, 2.75) is 19.8 Å². The Balaban J connectivity index is 2.02. The molecular formula is C16H22N4. The van der Waals surface area contributed by atoms with E-state index in [-0.39, 0.29) is 0 Å². The minimum absolute atomic E-state index is 0.453. The zero-order chi connectivity index (χ0) is 13.9. The molecule has 106 valence electrons. The predicted molar refractivity (Wildman–Crippen MR) is 83.2 cm³/mol. The summed E-state index contributed by atoms with van der Waals surface area (Å²) in [6.07, 6.45) is 0. The molecule has 20 heavy (non-hydrogen) atoms. The van der Waals surface area contributed by atoms with Gasteiger partial charge in [0.2, 0.25) is 0 Å². The van der Waals surface area contributed by atoms with E-state index in [0.717, 1.165) is 37.7 Å². The van der Waals surface area contributed by atoms with E-state index < -0.39 is 0 Å². The van der Waals surface area contributed by atoms with Gasteiger partial charge in [-0.2, -0.15) is 5.10 Å². The summed E-state index contributed by atoms with van der Waals surface area (Å²) in [6, 6.07) is 10.5. The third kappa shape index (κ3) is 2.43. The summed E-state index contributed by atoms with van der Waals surface area (Å²) >= 11 is 0. The van der Waals surface area contributed by atoms with Crippen molar-refractivity contribution in [2.75, 3.05) is 31.1 Å². The van der Waals surface area contributed by atoms with E-state index in [1.807, 2.05) is 6.07 Å². The van der Waals surface area contributed by atoms with E-state index in [4.69, 9.17) is 0 Å². The third-order valence-corrected chi connectivity index (χ3v) is 3.84. The van der Waals surface area contributed by atoms with Crippen LogP contribution < -0.4 is 10.2 Å². The molecule has 3 rings (SSSR count). The average Bonchev–Trinajstić information content (AvgIpc) is 2.94. The Labute approximate surface area is 120 Å². The minimum atomic E-state index is 0.453. The summed E-state index contributed by atoms with van der Waals surface area (Å²) in [5, 5.41) is 11.3. The van der Waals surface area contributed by atoms with Gasteiger partial charge in [0.1, 0.15) is 0 Å². The number of rotatable bonds is 3. The summed E-state index contributed by atoms with van der Waals surface area (Å²) in [5.74, 6) is 1.58. The quantitative estimate of drug-likeness (QED) is 0.901. The SMILES string of the molecule is CC(C)c1c(N2CCNCC2)n[nH]c1-c1ccccc1. The summed E-state index contributed by atoms with van der Waals surface area (Å²) in [4.78, 5) is 2.38. The van der Waals surface area contributed by atoms with Crippen LogP contribution >= 0.6 is 0 Å². The number of benzene rings is 1. The first-order valence-electron chi connectivity index (χ1n) is 7.36. The molecule has 0 radical (unpaired) electrons. The maximum absolute atomic E-state index is 4.61. The lowest BCUT2D eigenvalue weighted by Gasteiger charge is -2.29. The first-order chi connectivity index (χ1) is 9.77. The highest BCUT2D eigenvalue weighted by Gasteiger charge is 2.22. The van der Waals surface area contributed by atoms with E-state index in [0.29, 0.717) is 5.92 Å². The van der Waals surface area contributed by atoms with Crippen molar-refractivity contribution in [3.8, 4) is 11.3 Å². The molecule has 2 N–H and O–H groups in total. The number of aromatic amines is 1. The molecule has 2 aromatic rings. The Bertz CT molecular complexity index is 553. The number of anilines is 1. The van der Waals surface area contributed by atoms with Crippen molar-refractivity contribution in [3.63, 3.8) is 0 Å². The molecule has 0 unspecified atom stereocenters. The number of hydrogen-bond acceptors (Lipinski definition) is 3. The van der Waals surface area contributed by atoms with Gasteiger partial charge in [-0.3, -0.25) is 5.10 Å². The van der Waals surface area contributed by atoms with Crippen LogP contribution in [0.3, 0.4) is 0 Å². The van der Waals surface area contributed by atoms with Gasteiger partial charge in [-0.1, -0.05) is 44.2 Å². The highest BCUT2D eigenvalue weighted by atomic mass is 15.3. The second-order valence-corrected chi connectivity index (χ2v) is 5.59. The van der Waals surface area contributed by atoms with Crippen molar-refractivity contribution in [1.29, 1.82) is 0 Å². The van der Waals surface area contributed by atoms with Gasteiger partial charge in [-0.25, -0.2) is 0 Å². The number of H-pyrrole nitrogens is 1. The van der Waals surface area contributed by atoms with Gasteiger partial charge < -0.3 is 10.2 Å². The fourth-order valence-electron chi connectivity index (χ4n) is 2.83. The number of nitrogens with zero attached hydrogens (tertiary/aromatic N) is 2. The molecule has 0 amide bonds. The van der Waals surface area contributed by atoms with E-state index >= 15 is 0 Å². The Kier molecular flexibility index (Phi) is 3.74. The summed E-state index contributed by atoms with van der Waals surface area (Å²) in [5.41, 5.74) is 3.71. The predicted octanol–water partition coefficient (Wildman–Crippen LogP) is 2.61. The number of aromatic nitrogens is 2. The first kappa shape index (κ1) is 13.2. The van der Waals surface area contributed by atoms with Gasteiger partial charge >= 0.3 is 0 Å². The van der Waals surface area contributed by atoms with E-state index in [9.17, 15) is 0 Å². The maximum atomic E-state index is 4.61. The Morgan fingerprint density at radius 2 is 1.80 bits per heavy atom. The molecule has 1 aliphatic rings. The molecule has 1 aromatic carbocycles. The molecule has 0 aliphatic carbocycles. The molecule has 2 heterocycles. The Morgan fingerprint density at radius 1 is 1.10 bits per heavy atom. The highest BCUT2D eigenvalue weighted by Crippen LogP contribution is 2.34. The smallest absolute Gasteiger partial charge is 0.154 e. The van der Waals surface area contributed by atoms with Crippen molar-refractivity contribution in [1.82, 2.24) is 15.5 Å². The van der Waals surface area contributed by atoms with Crippen LogP contribution in [0.5, 0.6) is 0 Å². The highest BCUT2D eigenvalue weighted by molar-refractivity contribution is 5.70. The summed E-state index contributed by atoms with van der Waals surface area (Å²) < 4.78 is 0. The van der Waals surface area contributed by atoms with Gasteiger partial charge in [0.05, 0.1) is 5.69 Å². The molecule has 4 heteroatoms. The molecule has 0 spiro atoms. The molecule has 1 aromatic heterocycles. The average molecular weight is 270 g/mol. The van der Waals surface area contributed by atoms with Gasteiger partial charge in [-0.15, -0.1) is 0 Å². The summed E-state index contributed by atoms with van der Waals surface area (Å²) in [6.45, 7) is 8.60. The molecule has 0 atom stereocenters. The normalized spacial score (nSPS) is 15.8. The van der Waals surface area contributed by atoms with Crippen molar-refractivity contribution >= 4 is 5.82 Å². The second-order valence-electron chi connectivity index (χ2n) is 5.59. The fourth-order valence-corrected chi connectivity index (χ4v) is 2.83. The monoisotopic (exact) mass is 270 g/mol. The minimum Gasteiger partial charge on any atom is -0.352 e. The van der Waals surface area contributed by atoms with Crippen molar-refractivity contribution in [3.05, 3.63) is 35.9 Å². The number of hydrogen-bond donors (Lipinski definition) is 2. The molecule has 4 nitrogen and oxygen atoms in total. The largest absolute Gasteiger partial charge is 0.352 e. The van der Waals surface area contributed by atoms with Crippen LogP contribution in [-0.4, -0.2) is 36.4 Å². The molecule has 0 saturated carbocycles. The molecule has 1 aliphatic heterocycles. The molecular weight excluding hydrogens is 248 g/mol. The summed E-state index contributed by atoms with van der Waals surface area (Å²) in [7, 11) is 0. The van der Waals surface area contributed by atoms with Crippen LogP contribution in [0.4, 0.5) is 5.82 Å². The Morgan fingerprint density at radius 3 is 2.45 bits per heavy atom. The van der Waals surface area contributed by atoms with Crippen LogP contribution in [0.25, 0.3) is 11.3 Å². The van der Waals surface area contributed by atoms with Gasteiger partial charge in [0, 0.05) is 31.7 Å². The zero-order valence-electron chi connectivity index (χ0n) is 12.2. The van der Waals surface area contributed by atoms with E-state index in [2.05, 4.69) is 58.5 Å². The van der Waals surface area contributed by atoms with Gasteiger partial charge in [0.15, 0.2) is 5.82 Å². The first-order valence-corrected chi connectivity index (χ1v) is 7.36. The topological polar surface area (TPSA) is 44.0 Å². The van der Waals surface area contributed by atoms with E-state index in [1.54, 1.807) is 0 Å². The van der Waals surface area contributed by atoms with Crippen LogP contribution in [0.1, 0.15) is 25.3 Å². The van der Waals surface area contributed by atoms with Gasteiger partial charge in [-0.05, 0) is 11.5 Å². The van der Waals surface area contributed by atoms with Crippen LogP contribution in [0.2, 0.25) is 0 Å². The van der Waals surface area contributed by atoms with Crippen molar-refractivity contribution < 1.29 is 0 Å².